The Morgan fingerprint density at radius 1 is 1.44 bits per heavy atom. The molecule has 1 N–H and O–H groups in total. The smallest absolute Gasteiger partial charge is 0.307 e. The third kappa shape index (κ3) is 6.08. The predicted molar refractivity (Wildman–Crippen MR) is 62.3 cm³/mol. The molecule has 1 heterocycles. The van der Waals surface area contributed by atoms with E-state index < -0.39 is 0 Å². The number of esters is 1. The summed E-state index contributed by atoms with van der Waals surface area (Å²) in [5.74, 6) is 0.408. The van der Waals surface area contributed by atoms with E-state index in [0.717, 1.165) is 26.0 Å². The van der Waals surface area contributed by atoms with E-state index in [1.165, 1.54) is 0 Å². The average molecular weight is 229 g/mol. The van der Waals surface area contributed by atoms with Crippen molar-refractivity contribution in [2.75, 3.05) is 26.4 Å². The molecule has 0 spiro atoms. The Hall–Kier alpha value is -0.610. The lowest BCUT2D eigenvalue weighted by molar-refractivity contribution is -0.145. The van der Waals surface area contributed by atoms with E-state index in [4.69, 9.17) is 9.47 Å². The monoisotopic (exact) mass is 229 g/mol. The predicted octanol–water partition coefficient (Wildman–Crippen LogP) is 1.34. The van der Waals surface area contributed by atoms with Gasteiger partial charge in [0, 0.05) is 12.6 Å². The number of carbonyl (C=O) groups excluding carboxylic acids is 1. The van der Waals surface area contributed by atoms with Gasteiger partial charge in [0.1, 0.15) is 6.61 Å². The summed E-state index contributed by atoms with van der Waals surface area (Å²) in [6, 6.07) is 0.323. The van der Waals surface area contributed by atoms with Crippen molar-refractivity contribution < 1.29 is 14.3 Å². The van der Waals surface area contributed by atoms with E-state index >= 15 is 0 Å². The summed E-state index contributed by atoms with van der Waals surface area (Å²) in [6.07, 6.45) is 2.73. The van der Waals surface area contributed by atoms with Gasteiger partial charge in [0.25, 0.3) is 0 Å². The van der Waals surface area contributed by atoms with Crippen LogP contribution in [-0.2, 0) is 14.3 Å². The Balaban J connectivity index is 1.93. The van der Waals surface area contributed by atoms with Gasteiger partial charge < -0.3 is 14.8 Å². The van der Waals surface area contributed by atoms with Crippen LogP contribution in [0.3, 0.4) is 0 Å². The zero-order valence-corrected chi connectivity index (χ0v) is 10.3. The molecule has 0 saturated carbocycles. The first kappa shape index (κ1) is 13.5. The molecule has 16 heavy (non-hydrogen) atoms. The highest BCUT2D eigenvalue weighted by atomic mass is 16.6. The minimum absolute atomic E-state index is 0.118. The van der Waals surface area contributed by atoms with Crippen molar-refractivity contribution >= 4 is 5.97 Å². The fraction of sp³-hybridized carbons (Fsp3) is 0.917. The van der Waals surface area contributed by atoms with Crippen LogP contribution < -0.4 is 5.32 Å². The molecule has 1 saturated heterocycles. The Labute approximate surface area is 97.7 Å². The largest absolute Gasteiger partial charge is 0.463 e. The molecule has 0 aromatic carbocycles. The molecule has 0 aliphatic carbocycles. The lowest BCUT2D eigenvalue weighted by atomic mass is 10.2. The van der Waals surface area contributed by atoms with Gasteiger partial charge in [-0.1, -0.05) is 13.8 Å². The lowest BCUT2D eigenvalue weighted by Crippen LogP contribution is -2.26. The van der Waals surface area contributed by atoms with E-state index in [-0.39, 0.29) is 5.97 Å². The third-order valence-corrected chi connectivity index (χ3v) is 2.52. The summed E-state index contributed by atoms with van der Waals surface area (Å²) in [4.78, 5) is 11.4. The molecule has 1 unspecified atom stereocenters. The molecule has 1 rings (SSSR count). The van der Waals surface area contributed by atoms with E-state index in [0.29, 0.717) is 31.6 Å². The lowest BCUT2D eigenvalue weighted by Gasteiger charge is -2.10. The fourth-order valence-electron chi connectivity index (χ4n) is 1.72. The Morgan fingerprint density at radius 2 is 2.25 bits per heavy atom. The van der Waals surface area contributed by atoms with Crippen molar-refractivity contribution in [3.8, 4) is 0 Å². The Kier molecular flexibility index (Phi) is 6.42. The first-order valence-corrected chi connectivity index (χ1v) is 6.15. The summed E-state index contributed by atoms with van der Waals surface area (Å²) in [6.45, 7) is 6.81. The number of nitrogens with one attached hydrogen (secondary N) is 1. The zero-order valence-electron chi connectivity index (χ0n) is 10.3. The van der Waals surface area contributed by atoms with Crippen LogP contribution in [0.4, 0.5) is 0 Å². The second-order valence-electron chi connectivity index (χ2n) is 4.69. The molecule has 1 aliphatic rings. The van der Waals surface area contributed by atoms with E-state index in [2.05, 4.69) is 19.2 Å². The minimum Gasteiger partial charge on any atom is -0.463 e. The van der Waals surface area contributed by atoms with Gasteiger partial charge in [-0.3, -0.25) is 4.79 Å². The quantitative estimate of drug-likeness (QED) is 0.529. The first-order chi connectivity index (χ1) is 7.68. The summed E-state index contributed by atoms with van der Waals surface area (Å²) in [5.41, 5.74) is 0. The van der Waals surface area contributed by atoms with Crippen LogP contribution in [0.15, 0.2) is 0 Å². The van der Waals surface area contributed by atoms with Gasteiger partial charge in [0.2, 0.25) is 0 Å². The maximum atomic E-state index is 11.4. The van der Waals surface area contributed by atoms with Crippen LogP contribution in [-0.4, -0.2) is 38.4 Å². The molecule has 1 aliphatic heterocycles. The highest BCUT2D eigenvalue weighted by Crippen LogP contribution is 2.09. The maximum absolute atomic E-state index is 11.4. The van der Waals surface area contributed by atoms with Crippen LogP contribution >= 0.6 is 0 Å². The number of hydrogen-bond donors (Lipinski definition) is 1. The van der Waals surface area contributed by atoms with Gasteiger partial charge in [-0.05, 0) is 25.3 Å². The second kappa shape index (κ2) is 7.63. The minimum atomic E-state index is -0.118. The van der Waals surface area contributed by atoms with Gasteiger partial charge in [-0.25, -0.2) is 0 Å². The van der Waals surface area contributed by atoms with Crippen LogP contribution in [0.1, 0.15) is 33.1 Å². The average Bonchev–Trinajstić information content (AvgIpc) is 2.69. The fourth-order valence-corrected chi connectivity index (χ4v) is 1.72. The summed E-state index contributed by atoms with van der Waals surface area (Å²) in [5, 5.41) is 3.27. The topological polar surface area (TPSA) is 47.6 Å². The number of hydrogen-bond acceptors (Lipinski definition) is 4. The van der Waals surface area contributed by atoms with E-state index in [1.807, 2.05) is 0 Å². The van der Waals surface area contributed by atoms with Crippen molar-refractivity contribution in [2.24, 2.45) is 5.92 Å². The van der Waals surface area contributed by atoms with Crippen molar-refractivity contribution in [3.05, 3.63) is 0 Å². The van der Waals surface area contributed by atoms with Crippen LogP contribution in [0.25, 0.3) is 0 Å². The van der Waals surface area contributed by atoms with Crippen molar-refractivity contribution in [2.45, 2.75) is 39.2 Å². The maximum Gasteiger partial charge on any atom is 0.307 e. The molecular formula is C12H23NO3. The standard InChI is InChI=1S/C12H23NO3/c1-10(2)9-15-6-7-16-12(14)8-11-4-3-5-13-11/h10-11,13H,3-9H2,1-2H3. The molecule has 1 atom stereocenters. The van der Waals surface area contributed by atoms with Gasteiger partial charge in [0.15, 0.2) is 0 Å². The van der Waals surface area contributed by atoms with Gasteiger partial charge in [-0.2, -0.15) is 0 Å². The van der Waals surface area contributed by atoms with Crippen LogP contribution in [0.5, 0.6) is 0 Å². The van der Waals surface area contributed by atoms with Gasteiger partial charge >= 0.3 is 5.97 Å². The van der Waals surface area contributed by atoms with Crippen molar-refractivity contribution in [1.82, 2.24) is 5.32 Å². The Morgan fingerprint density at radius 3 is 2.88 bits per heavy atom. The number of carbonyl (C=O) groups is 1. The summed E-state index contributed by atoms with van der Waals surface area (Å²) >= 11 is 0. The van der Waals surface area contributed by atoms with Crippen molar-refractivity contribution in [3.63, 3.8) is 0 Å². The SMILES string of the molecule is CC(C)COCCOC(=O)CC1CCCN1. The molecule has 0 radical (unpaired) electrons. The van der Waals surface area contributed by atoms with Gasteiger partial charge in [0.05, 0.1) is 13.0 Å². The summed E-state index contributed by atoms with van der Waals surface area (Å²) in [7, 11) is 0. The highest BCUT2D eigenvalue weighted by molar-refractivity contribution is 5.70. The molecule has 94 valence electrons. The number of ether oxygens (including phenoxy) is 2. The van der Waals surface area contributed by atoms with Crippen LogP contribution in [0, 0.1) is 5.92 Å². The first-order valence-electron chi connectivity index (χ1n) is 6.15. The molecule has 1 fully saturated rings. The molecular weight excluding hydrogens is 206 g/mol. The number of rotatable bonds is 7. The van der Waals surface area contributed by atoms with Crippen molar-refractivity contribution in [1.29, 1.82) is 0 Å². The molecule has 4 heteroatoms. The van der Waals surface area contributed by atoms with E-state index in [9.17, 15) is 4.79 Å². The highest BCUT2D eigenvalue weighted by Gasteiger charge is 2.18. The van der Waals surface area contributed by atoms with Gasteiger partial charge in [-0.15, -0.1) is 0 Å². The molecule has 0 aromatic rings. The van der Waals surface area contributed by atoms with Crippen LogP contribution in [0.2, 0.25) is 0 Å². The molecule has 0 aromatic heterocycles. The third-order valence-electron chi connectivity index (χ3n) is 2.52. The second-order valence-corrected chi connectivity index (χ2v) is 4.69. The zero-order chi connectivity index (χ0) is 11.8. The molecule has 4 nitrogen and oxygen atoms in total. The normalized spacial score (nSPS) is 20.3. The summed E-state index contributed by atoms with van der Waals surface area (Å²) < 4.78 is 10.4. The Bertz CT molecular complexity index is 200. The molecule has 0 bridgehead atoms. The van der Waals surface area contributed by atoms with E-state index in [1.54, 1.807) is 0 Å². The molecule has 0 amide bonds.